The molecule has 0 aliphatic carbocycles. The fraction of sp³-hybridized carbons (Fsp3) is 0.104. The van der Waals surface area contributed by atoms with E-state index in [4.69, 9.17) is 56.1 Å². The summed E-state index contributed by atoms with van der Waals surface area (Å²) >= 11 is 0. The van der Waals surface area contributed by atoms with Crippen LogP contribution < -0.4 is 51.2 Å². The maximum absolute atomic E-state index is 10.6. The van der Waals surface area contributed by atoms with Gasteiger partial charge >= 0.3 is 0 Å². The lowest BCUT2D eigenvalue weighted by molar-refractivity contribution is -0.114. The van der Waals surface area contributed by atoms with E-state index < -0.39 is 12.0 Å². The van der Waals surface area contributed by atoms with Gasteiger partial charge in [0.25, 0.3) is 0 Å². The van der Waals surface area contributed by atoms with Gasteiger partial charge in [0.05, 0.1) is 17.5 Å². The van der Waals surface area contributed by atoms with Crippen LogP contribution in [0.25, 0.3) is 0 Å². The molecule has 2 amide bonds. The van der Waals surface area contributed by atoms with Crippen LogP contribution in [0.15, 0.2) is 170 Å². The normalized spacial score (nSPS) is 9.69. The van der Waals surface area contributed by atoms with Crippen LogP contribution in [0.3, 0.4) is 0 Å². The zero-order chi connectivity index (χ0) is 46.5. The average molecular weight is 841 g/mol. The first-order valence-corrected chi connectivity index (χ1v) is 19.0. The summed E-state index contributed by atoms with van der Waals surface area (Å²) in [6.07, 6.45) is 2.90. The highest BCUT2D eigenvalue weighted by atomic mass is 16.3. The minimum absolute atomic E-state index is 0.108. The van der Waals surface area contributed by atoms with Gasteiger partial charge in [-0.05, 0) is 123 Å². The van der Waals surface area contributed by atoms with Gasteiger partial charge in [0.15, 0.2) is 0 Å². The molecule has 0 aliphatic rings. The van der Waals surface area contributed by atoms with E-state index in [2.05, 4.69) is 10.3 Å². The number of pyridine rings is 1. The summed E-state index contributed by atoms with van der Waals surface area (Å²) in [5, 5.41) is 20.4. The second-order valence-electron chi connectivity index (χ2n) is 13.3. The number of amides is 2. The summed E-state index contributed by atoms with van der Waals surface area (Å²) in [6, 6.07) is 46.5. The van der Waals surface area contributed by atoms with Gasteiger partial charge in [-0.25, -0.2) is 0 Å². The topological polar surface area (TPSA) is 308 Å². The van der Waals surface area contributed by atoms with Crippen LogP contribution in [0.2, 0.25) is 0 Å². The van der Waals surface area contributed by atoms with Crippen molar-refractivity contribution in [2.45, 2.75) is 33.8 Å². The first-order chi connectivity index (χ1) is 29.4. The number of aromatic nitrogens is 1. The van der Waals surface area contributed by atoms with Crippen molar-refractivity contribution in [1.82, 2.24) is 4.98 Å². The number of primary amides is 1. The number of hydrogen-bond donors (Lipinski definition) is 11. The molecule has 0 fully saturated rings. The SMILES string of the molecule is CC(=O)Nc1ccccc1N.CC(O)c1cccc(N)c1.Cc1ccc(N)cc1.Cc1cccc(N)c1.NC(=O)c1cccc(N)c1.Nc1cccc(O)c1.Nc1ccncc1. The molecule has 14 heteroatoms. The Kier molecular flexibility index (Phi) is 24.3. The number of carbonyl (C=O) groups excluding carboxylic acids is 2. The van der Waals surface area contributed by atoms with Crippen molar-refractivity contribution in [3.8, 4) is 5.75 Å². The summed E-state index contributed by atoms with van der Waals surface area (Å²) < 4.78 is 0. The number of nitrogen functional groups attached to an aromatic ring is 7. The van der Waals surface area contributed by atoms with Gasteiger partial charge in [-0.2, -0.15) is 0 Å². The lowest BCUT2D eigenvalue weighted by Crippen LogP contribution is -2.10. The van der Waals surface area contributed by atoms with Crippen LogP contribution in [-0.2, 0) is 4.79 Å². The smallest absolute Gasteiger partial charge is 0.248 e. The predicted molar refractivity (Wildman–Crippen MR) is 258 cm³/mol. The molecule has 0 saturated heterocycles. The van der Waals surface area contributed by atoms with Gasteiger partial charge in [-0.15, -0.1) is 0 Å². The summed E-state index contributed by atoms with van der Waals surface area (Å²) in [5.41, 5.74) is 52.2. The number of anilines is 8. The molecule has 0 spiro atoms. The maximum atomic E-state index is 10.6. The molecule has 1 atom stereocenters. The molecule has 1 unspecified atom stereocenters. The monoisotopic (exact) mass is 840 g/mol. The number of nitrogens with two attached hydrogens (primary N) is 8. The number of carbonyl (C=O) groups is 2. The molecule has 0 bridgehead atoms. The maximum Gasteiger partial charge on any atom is 0.248 e. The molecule has 0 saturated carbocycles. The van der Waals surface area contributed by atoms with Crippen molar-refractivity contribution < 1.29 is 19.8 Å². The van der Waals surface area contributed by atoms with Gasteiger partial charge in [0, 0.05) is 65.1 Å². The van der Waals surface area contributed by atoms with Crippen molar-refractivity contribution in [1.29, 1.82) is 0 Å². The number of benzene rings is 6. The Bertz CT molecular complexity index is 2240. The minimum atomic E-state index is -0.452. The minimum Gasteiger partial charge on any atom is -0.508 e. The van der Waals surface area contributed by atoms with Crippen molar-refractivity contribution in [2.75, 3.05) is 45.5 Å². The molecular formula is C48H60N10O4. The highest BCUT2D eigenvalue weighted by Gasteiger charge is 1.99. The lowest BCUT2D eigenvalue weighted by Gasteiger charge is -2.03. The fourth-order valence-corrected chi connectivity index (χ4v) is 4.44. The summed E-state index contributed by atoms with van der Waals surface area (Å²) in [6.45, 7) is 7.23. The number of aromatic hydroxyl groups is 1. The molecule has 326 valence electrons. The number of rotatable bonds is 3. The zero-order valence-electron chi connectivity index (χ0n) is 35.5. The Labute approximate surface area is 364 Å². The van der Waals surface area contributed by atoms with E-state index in [1.165, 1.54) is 24.1 Å². The van der Waals surface area contributed by atoms with Gasteiger partial charge in [-0.1, -0.05) is 66.2 Å². The van der Waals surface area contributed by atoms with E-state index in [-0.39, 0.29) is 11.7 Å². The van der Waals surface area contributed by atoms with Crippen LogP contribution in [0.4, 0.5) is 45.5 Å². The van der Waals surface area contributed by atoms with Crippen LogP contribution in [0.1, 0.15) is 47.0 Å². The summed E-state index contributed by atoms with van der Waals surface area (Å²) in [7, 11) is 0. The number of phenols is 1. The van der Waals surface area contributed by atoms with E-state index in [9.17, 15) is 9.59 Å². The Morgan fingerprint density at radius 1 is 0.548 bits per heavy atom. The van der Waals surface area contributed by atoms with Gasteiger partial charge in [-0.3, -0.25) is 14.6 Å². The van der Waals surface area contributed by atoms with E-state index in [1.54, 1.807) is 98.2 Å². The van der Waals surface area contributed by atoms with E-state index in [1.807, 2.05) is 86.6 Å². The molecule has 7 rings (SSSR count). The Morgan fingerprint density at radius 3 is 1.40 bits per heavy atom. The van der Waals surface area contributed by atoms with E-state index >= 15 is 0 Å². The van der Waals surface area contributed by atoms with Crippen molar-refractivity contribution in [2.24, 2.45) is 5.73 Å². The number of para-hydroxylation sites is 2. The third kappa shape index (κ3) is 25.2. The van der Waals surface area contributed by atoms with Gasteiger partial charge in [0.2, 0.25) is 11.8 Å². The zero-order valence-corrected chi connectivity index (χ0v) is 35.5. The third-order valence-corrected chi connectivity index (χ3v) is 7.53. The predicted octanol–water partition coefficient (Wildman–Crippen LogP) is 7.71. The van der Waals surface area contributed by atoms with Gasteiger partial charge < -0.3 is 61.4 Å². The summed E-state index contributed by atoms with van der Waals surface area (Å²) in [4.78, 5) is 24.9. The number of aryl methyl sites for hydroxylation is 2. The second-order valence-corrected chi connectivity index (χ2v) is 13.3. The number of hydrogen-bond acceptors (Lipinski definition) is 12. The number of nitrogens with one attached hydrogen (secondary N) is 1. The number of aliphatic hydroxyl groups is 1. The Hall–Kier alpha value is -8.23. The Morgan fingerprint density at radius 2 is 1.05 bits per heavy atom. The lowest BCUT2D eigenvalue weighted by atomic mass is 10.1. The largest absolute Gasteiger partial charge is 0.508 e. The molecular weight excluding hydrogens is 781 g/mol. The van der Waals surface area contributed by atoms with Gasteiger partial charge in [0.1, 0.15) is 5.75 Å². The first-order valence-electron chi connectivity index (χ1n) is 19.0. The van der Waals surface area contributed by atoms with Crippen molar-refractivity contribution in [3.05, 3.63) is 192 Å². The molecule has 0 radical (unpaired) electrons. The molecule has 1 heterocycles. The molecule has 7 aromatic rings. The molecule has 0 aliphatic heterocycles. The van der Waals surface area contributed by atoms with E-state index in [0.29, 0.717) is 34.0 Å². The molecule has 14 nitrogen and oxygen atoms in total. The quantitative estimate of drug-likeness (QED) is 0.0762. The highest BCUT2D eigenvalue weighted by Crippen LogP contribution is 2.16. The average Bonchev–Trinajstić information content (AvgIpc) is 3.21. The number of phenolic OH excluding ortho intramolecular Hbond substituents is 1. The molecule has 62 heavy (non-hydrogen) atoms. The molecule has 19 N–H and O–H groups in total. The van der Waals surface area contributed by atoms with Crippen LogP contribution >= 0.6 is 0 Å². The summed E-state index contributed by atoms with van der Waals surface area (Å²) in [5.74, 6) is -0.347. The molecule has 6 aromatic carbocycles. The fourth-order valence-electron chi connectivity index (χ4n) is 4.44. The number of nitrogens with zero attached hydrogens (tertiary/aromatic N) is 1. The Balaban J connectivity index is 0.000000363. The van der Waals surface area contributed by atoms with Crippen LogP contribution in [0.5, 0.6) is 5.75 Å². The highest BCUT2D eigenvalue weighted by molar-refractivity contribution is 5.93. The third-order valence-electron chi connectivity index (χ3n) is 7.53. The van der Waals surface area contributed by atoms with E-state index in [0.717, 1.165) is 22.6 Å². The van der Waals surface area contributed by atoms with Crippen LogP contribution in [0, 0.1) is 13.8 Å². The number of aliphatic hydroxyl groups excluding tert-OH is 1. The molecule has 1 aromatic heterocycles. The first kappa shape index (κ1) is 51.8. The second kappa shape index (κ2) is 29.1. The van der Waals surface area contributed by atoms with Crippen LogP contribution in [-0.4, -0.2) is 27.0 Å². The standard InChI is InChI=1S/C8H10N2O.C8H11NO.C7H8N2O.2C7H9N.C6H7NO.C5H6N2/c1-6(11)10-8-5-3-2-4-7(8)9;1-6(10)7-3-2-4-8(9)5-7;8-6-3-1-2-5(4-6)7(9)10;1-6-2-4-7(8)5-3-6;1-6-3-2-4-7(8)5-6;7-5-2-1-3-6(8)4-5;6-5-1-3-7-4-2-5/h2-5H,9H2,1H3,(H,10,11);2-6,10H,9H2,1H3;1-4H,8H2,(H2,9,10);2*2-5H,8H2,1H3;1-4,8H,7H2;1-4H,(H2,6,7). The van der Waals surface area contributed by atoms with Crippen molar-refractivity contribution >= 4 is 57.3 Å². The van der Waals surface area contributed by atoms with Crippen molar-refractivity contribution in [3.63, 3.8) is 0 Å².